The van der Waals surface area contributed by atoms with E-state index in [0.717, 1.165) is 38.2 Å². The molecule has 0 bridgehead atoms. The first-order valence-electron chi connectivity index (χ1n) is 9.78. The van der Waals surface area contributed by atoms with Gasteiger partial charge in [-0.25, -0.2) is 0 Å². The van der Waals surface area contributed by atoms with Crippen molar-refractivity contribution in [1.29, 1.82) is 0 Å². The van der Waals surface area contributed by atoms with Crippen LogP contribution in [0.3, 0.4) is 0 Å². The summed E-state index contributed by atoms with van der Waals surface area (Å²) in [4.78, 5) is 21.8. The van der Waals surface area contributed by atoms with Crippen molar-refractivity contribution in [3.63, 3.8) is 0 Å². The molecule has 0 radical (unpaired) electrons. The second-order valence-corrected chi connectivity index (χ2v) is 7.67. The fraction of sp³-hybridized carbons (Fsp3) is 0.700. The Morgan fingerprint density at radius 2 is 1.92 bits per heavy atom. The van der Waals surface area contributed by atoms with Gasteiger partial charge in [0, 0.05) is 30.4 Å². The van der Waals surface area contributed by atoms with E-state index in [1.165, 1.54) is 32.4 Å². The number of hydrogen-bond donors (Lipinski definition) is 1. The topological polar surface area (TPSA) is 48.5 Å². The molecule has 0 aliphatic carbocycles. The highest BCUT2D eigenvalue weighted by Crippen LogP contribution is 2.30. The Bertz CT molecular complexity index is 534. The highest BCUT2D eigenvalue weighted by Gasteiger charge is 2.39. The van der Waals surface area contributed by atoms with Crippen LogP contribution in [0.2, 0.25) is 0 Å². The highest BCUT2D eigenvalue weighted by molar-refractivity contribution is 5.76. The van der Waals surface area contributed by atoms with Gasteiger partial charge in [0.1, 0.15) is 0 Å². The Labute approximate surface area is 151 Å². The molecule has 3 rings (SSSR count). The zero-order chi connectivity index (χ0) is 17.5. The van der Waals surface area contributed by atoms with Crippen molar-refractivity contribution in [3.8, 4) is 0 Å². The SMILES string of the molecule is CN1CCC(CNC(=O)CCc2ccccn2)(N2CCCCC2)CC1. The molecule has 3 heterocycles. The minimum Gasteiger partial charge on any atom is -0.354 e. The van der Waals surface area contributed by atoms with E-state index < -0.39 is 0 Å². The molecule has 0 aromatic carbocycles. The molecule has 2 saturated heterocycles. The fourth-order valence-electron chi connectivity index (χ4n) is 4.15. The molecule has 0 saturated carbocycles. The molecule has 1 N–H and O–H groups in total. The lowest BCUT2D eigenvalue weighted by Gasteiger charge is -2.50. The van der Waals surface area contributed by atoms with Gasteiger partial charge >= 0.3 is 0 Å². The first-order valence-corrected chi connectivity index (χ1v) is 9.78. The Kier molecular flexibility index (Phi) is 6.43. The first-order chi connectivity index (χ1) is 12.2. The number of nitrogens with one attached hydrogen (secondary N) is 1. The number of rotatable bonds is 6. The lowest BCUT2D eigenvalue weighted by molar-refractivity contribution is -0.122. The molecule has 0 spiro atoms. The van der Waals surface area contributed by atoms with Gasteiger partial charge < -0.3 is 10.2 Å². The number of hydrogen-bond acceptors (Lipinski definition) is 4. The molecule has 1 aromatic rings. The van der Waals surface area contributed by atoms with Crippen molar-refractivity contribution in [2.75, 3.05) is 39.8 Å². The summed E-state index contributed by atoms with van der Waals surface area (Å²) in [6.45, 7) is 5.42. The van der Waals surface area contributed by atoms with Crippen LogP contribution in [0, 0.1) is 0 Å². The number of aromatic nitrogens is 1. The standard InChI is InChI=1S/C20H32N4O/c1-23-15-10-20(11-16-23,24-13-5-2-6-14-24)17-22-19(25)9-8-18-7-3-4-12-21-18/h3-4,7,12H,2,5-6,8-11,13-17H2,1H3,(H,22,25). The van der Waals surface area contributed by atoms with Gasteiger partial charge in [0.2, 0.25) is 5.91 Å². The summed E-state index contributed by atoms with van der Waals surface area (Å²) in [5.41, 5.74) is 1.15. The Morgan fingerprint density at radius 1 is 1.16 bits per heavy atom. The molecule has 2 aliphatic heterocycles. The normalized spacial score (nSPS) is 21.8. The van der Waals surface area contributed by atoms with E-state index in [1.807, 2.05) is 18.2 Å². The van der Waals surface area contributed by atoms with Gasteiger partial charge in [-0.05, 0) is 77.5 Å². The molecule has 2 fully saturated rings. The Morgan fingerprint density at radius 3 is 2.60 bits per heavy atom. The molecule has 0 atom stereocenters. The van der Waals surface area contributed by atoms with Crippen LogP contribution >= 0.6 is 0 Å². The highest BCUT2D eigenvalue weighted by atomic mass is 16.1. The molecular formula is C20H32N4O. The first kappa shape index (κ1) is 18.3. The molecule has 1 aromatic heterocycles. The van der Waals surface area contributed by atoms with Crippen molar-refractivity contribution in [2.45, 2.75) is 50.5 Å². The lowest BCUT2D eigenvalue weighted by Crippen LogP contribution is -2.61. The second kappa shape index (κ2) is 8.77. The van der Waals surface area contributed by atoms with Gasteiger partial charge in [0.25, 0.3) is 0 Å². The third kappa shape index (κ3) is 5.02. The smallest absolute Gasteiger partial charge is 0.220 e. The van der Waals surface area contributed by atoms with E-state index in [2.05, 4.69) is 27.1 Å². The molecule has 2 aliphatic rings. The number of carbonyl (C=O) groups excluding carboxylic acids is 1. The van der Waals surface area contributed by atoms with E-state index in [0.29, 0.717) is 12.8 Å². The average Bonchev–Trinajstić information content (AvgIpc) is 2.68. The fourth-order valence-corrected chi connectivity index (χ4v) is 4.15. The minimum atomic E-state index is 0.154. The summed E-state index contributed by atoms with van der Waals surface area (Å²) < 4.78 is 0. The van der Waals surface area contributed by atoms with E-state index in [9.17, 15) is 4.79 Å². The predicted molar refractivity (Wildman–Crippen MR) is 100 cm³/mol. The largest absolute Gasteiger partial charge is 0.354 e. The van der Waals surface area contributed by atoms with Crippen LogP contribution in [-0.2, 0) is 11.2 Å². The van der Waals surface area contributed by atoms with E-state index in [4.69, 9.17) is 0 Å². The molecule has 138 valence electrons. The Hall–Kier alpha value is -1.46. The molecule has 0 unspecified atom stereocenters. The number of likely N-dealkylation sites (tertiary alicyclic amines) is 2. The molecule has 5 heteroatoms. The zero-order valence-corrected chi connectivity index (χ0v) is 15.5. The average molecular weight is 345 g/mol. The minimum absolute atomic E-state index is 0.154. The van der Waals surface area contributed by atoms with E-state index in [-0.39, 0.29) is 11.4 Å². The maximum Gasteiger partial charge on any atom is 0.220 e. The number of piperidine rings is 2. The quantitative estimate of drug-likeness (QED) is 0.858. The molecule has 25 heavy (non-hydrogen) atoms. The summed E-state index contributed by atoms with van der Waals surface area (Å²) in [6, 6.07) is 5.87. The Balaban J connectivity index is 1.53. The number of carbonyl (C=O) groups is 1. The van der Waals surface area contributed by atoms with Crippen LogP contribution in [0.4, 0.5) is 0 Å². The maximum absolute atomic E-state index is 12.4. The van der Waals surface area contributed by atoms with Crippen LogP contribution in [-0.4, -0.2) is 66.0 Å². The van der Waals surface area contributed by atoms with E-state index >= 15 is 0 Å². The van der Waals surface area contributed by atoms with Crippen molar-refractivity contribution < 1.29 is 4.79 Å². The molecule has 1 amide bonds. The van der Waals surface area contributed by atoms with Gasteiger partial charge in [-0.1, -0.05) is 12.5 Å². The summed E-state index contributed by atoms with van der Waals surface area (Å²) >= 11 is 0. The van der Waals surface area contributed by atoms with Crippen molar-refractivity contribution in [2.24, 2.45) is 0 Å². The number of nitrogens with zero attached hydrogens (tertiary/aromatic N) is 3. The predicted octanol–water partition coefficient (Wildman–Crippen LogP) is 2.08. The van der Waals surface area contributed by atoms with Crippen molar-refractivity contribution >= 4 is 5.91 Å². The summed E-state index contributed by atoms with van der Waals surface area (Å²) in [5, 5.41) is 3.25. The molecule has 5 nitrogen and oxygen atoms in total. The third-order valence-electron chi connectivity index (χ3n) is 5.89. The molecular weight excluding hydrogens is 312 g/mol. The van der Waals surface area contributed by atoms with Gasteiger partial charge in [-0.2, -0.15) is 0 Å². The summed E-state index contributed by atoms with van der Waals surface area (Å²) in [5.74, 6) is 0.154. The van der Waals surface area contributed by atoms with Gasteiger partial charge in [-0.15, -0.1) is 0 Å². The number of amides is 1. The number of aryl methyl sites for hydroxylation is 1. The van der Waals surface area contributed by atoms with Gasteiger partial charge in [0.05, 0.1) is 0 Å². The zero-order valence-electron chi connectivity index (χ0n) is 15.5. The van der Waals surface area contributed by atoms with Gasteiger partial charge in [-0.3, -0.25) is 14.7 Å². The van der Waals surface area contributed by atoms with Crippen molar-refractivity contribution in [1.82, 2.24) is 20.1 Å². The summed E-state index contributed by atoms with van der Waals surface area (Å²) in [6.07, 6.45) is 9.28. The third-order valence-corrected chi connectivity index (χ3v) is 5.89. The van der Waals surface area contributed by atoms with E-state index in [1.54, 1.807) is 6.20 Å². The van der Waals surface area contributed by atoms with Crippen LogP contribution in [0.15, 0.2) is 24.4 Å². The van der Waals surface area contributed by atoms with Gasteiger partial charge in [0.15, 0.2) is 0 Å². The number of pyridine rings is 1. The van der Waals surface area contributed by atoms with Crippen LogP contribution in [0.5, 0.6) is 0 Å². The van der Waals surface area contributed by atoms with Crippen LogP contribution < -0.4 is 5.32 Å². The monoisotopic (exact) mass is 344 g/mol. The van der Waals surface area contributed by atoms with Crippen molar-refractivity contribution in [3.05, 3.63) is 30.1 Å². The lowest BCUT2D eigenvalue weighted by atomic mass is 9.84. The van der Waals surface area contributed by atoms with Crippen LogP contribution in [0.1, 0.15) is 44.2 Å². The summed E-state index contributed by atoms with van der Waals surface area (Å²) in [7, 11) is 2.20. The maximum atomic E-state index is 12.4. The van der Waals surface area contributed by atoms with Crippen LogP contribution in [0.25, 0.3) is 0 Å². The second-order valence-electron chi connectivity index (χ2n) is 7.67.